The van der Waals surface area contributed by atoms with Gasteiger partial charge in [0.15, 0.2) is 0 Å². The molecule has 1 aliphatic heterocycles. The minimum Gasteiger partial charge on any atom is -0.337 e. The number of carbonyl (C=O) groups is 2. The van der Waals surface area contributed by atoms with Crippen LogP contribution < -0.4 is 5.48 Å². The standard InChI is InChI=1S/C17H23N3O3/c1-17(8-3-2-4-9-17)16(22)20-10-7-13-12(11-20)5-6-14(18-13)15(21)19-23/h5-6,23H,2-4,7-11H2,1H3,(H,19,21). The number of nitrogens with one attached hydrogen (secondary N) is 1. The highest BCUT2D eigenvalue weighted by Gasteiger charge is 2.38. The highest BCUT2D eigenvalue weighted by atomic mass is 16.5. The van der Waals surface area contributed by atoms with E-state index in [0.29, 0.717) is 19.5 Å². The zero-order chi connectivity index (χ0) is 16.4. The van der Waals surface area contributed by atoms with E-state index in [4.69, 9.17) is 5.21 Å². The van der Waals surface area contributed by atoms with Crippen LogP contribution in [0.4, 0.5) is 0 Å². The van der Waals surface area contributed by atoms with Gasteiger partial charge >= 0.3 is 0 Å². The maximum atomic E-state index is 12.9. The molecule has 124 valence electrons. The summed E-state index contributed by atoms with van der Waals surface area (Å²) in [6.07, 6.45) is 6.09. The molecule has 1 fully saturated rings. The van der Waals surface area contributed by atoms with Crippen molar-refractivity contribution in [3.8, 4) is 0 Å². The Morgan fingerprint density at radius 1 is 1.26 bits per heavy atom. The Kier molecular flexibility index (Phi) is 4.35. The summed E-state index contributed by atoms with van der Waals surface area (Å²) < 4.78 is 0. The number of pyridine rings is 1. The predicted octanol–water partition coefficient (Wildman–Crippen LogP) is 2.06. The molecule has 2 amide bonds. The number of hydroxylamine groups is 1. The van der Waals surface area contributed by atoms with Crippen LogP contribution in [0.25, 0.3) is 0 Å². The first-order valence-electron chi connectivity index (χ1n) is 8.26. The number of amides is 2. The number of hydrogen-bond donors (Lipinski definition) is 2. The van der Waals surface area contributed by atoms with Crippen LogP contribution in [-0.2, 0) is 17.8 Å². The molecule has 23 heavy (non-hydrogen) atoms. The molecule has 2 aliphatic rings. The maximum Gasteiger partial charge on any atom is 0.293 e. The Bertz CT molecular complexity index is 624. The van der Waals surface area contributed by atoms with Gasteiger partial charge in [-0.15, -0.1) is 0 Å². The van der Waals surface area contributed by atoms with Gasteiger partial charge in [0.05, 0.1) is 0 Å². The van der Waals surface area contributed by atoms with E-state index in [9.17, 15) is 9.59 Å². The SMILES string of the molecule is CC1(C(=O)N2CCc3nc(C(=O)NO)ccc3C2)CCCCC1. The van der Waals surface area contributed by atoms with Gasteiger partial charge in [0.25, 0.3) is 5.91 Å². The van der Waals surface area contributed by atoms with Crippen LogP contribution in [0.5, 0.6) is 0 Å². The quantitative estimate of drug-likeness (QED) is 0.646. The average molecular weight is 317 g/mol. The smallest absolute Gasteiger partial charge is 0.293 e. The summed E-state index contributed by atoms with van der Waals surface area (Å²) >= 11 is 0. The van der Waals surface area contributed by atoms with Crippen molar-refractivity contribution < 1.29 is 14.8 Å². The van der Waals surface area contributed by atoms with Gasteiger partial charge in [-0.05, 0) is 24.5 Å². The van der Waals surface area contributed by atoms with Crippen molar-refractivity contribution in [3.05, 3.63) is 29.1 Å². The Labute approximate surface area is 135 Å². The average Bonchev–Trinajstić information content (AvgIpc) is 2.60. The molecule has 6 heteroatoms. The van der Waals surface area contributed by atoms with Crippen molar-refractivity contribution in [1.82, 2.24) is 15.4 Å². The Balaban J connectivity index is 1.75. The zero-order valence-corrected chi connectivity index (χ0v) is 13.5. The lowest BCUT2D eigenvalue weighted by molar-refractivity contribution is -0.144. The minimum absolute atomic E-state index is 0.199. The van der Waals surface area contributed by atoms with Gasteiger partial charge in [-0.1, -0.05) is 32.3 Å². The Morgan fingerprint density at radius 2 is 2.00 bits per heavy atom. The van der Waals surface area contributed by atoms with Crippen LogP contribution in [0.1, 0.15) is 60.8 Å². The monoisotopic (exact) mass is 317 g/mol. The summed E-state index contributed by atoms with van der Waals surface area (Å²) in [6, 6.07) is 3.41. The van der Waals surface area contributed by atoms with Crippen molar-refractivity contribution in [2.24, 2.45) is 5.41 Å². The van der Waals surface area contributed by atoms with Crippen molar-refractivity contribution in [2.75, 3.05) is 6.54 Å². The molecule has 6 nitrogen and oxygen atoms in total. The van der Waals surface area contributed by atoms with E-state index in [2.05, 4.69) is 11.9 Å². The number of carbonyl (C=O) groups excluding carboxylic acids is 2. The largest absolute Gasteiger partial charge is 0.337 e. The van der Waals surface area contributed by atoms with Gasteiger partial charge in [0, 0.05) is 30.6 Å². The van der Waals surface area contributed by atoms with E-state index in [1.54, 1.807) is 11.5 Å². The van der Waals surface area contributed by atoms with E-state index in [-0.39, 0.29) is 17.0 Å². The molecule has 2 N–H and O–H groups in total. The lowest BCUT2D eigenvalue weighted by Gasteiger charge is -2.39. The van der Waals surface area contributed by atoms with Crippen molar-refractivity contribution in [1.29, 1.82) is 0 Å². The molecule has 0 atom stereocenters. The summed E-state index contributed by atoms with van der Waals surface area (Å²) in [7, 11) is 0. The third kappa shape index (κ3) is 3.08. The second kappa shape index (κ2) is 6.28. The highest BCUT2D eigenvalue weighted by Crippen LogP contribution is 2.38. The number of rotatable bonds is 2. The molecule has 1 aliphatic carbocycles. The maximum absolute atomic E-state index is 12.9. The topological polar surface area (TPSA) is 82.5 Å². The van der Waals surface area contributed by atoms with Gasteiger partial charge < -0.3 is 4.90 Å². The third-order valence-corrected chi connectivity index (χ3v) is 5.14. The first-order valence-corrected chi connectivity index (χ1v) is 8.26. The second-order valence-electron chi connectivity index (χ2n) is 6.84. The summed E-state index contributed by atoms with van der Waals surface area (Å²) in [5.41, 5.74) is 3.40. The van der Waals surface area contributed by atoms with Crippen molar-refractivity contribution >= 4 is 11.8 Å². The van der Waals surface area contributed by atoms with Crippen LogP contribution in [0.2, 0.25) is 0 Å². The fraction of sp³-hybridized carbons (Fsp3) is 0.588. The normalized spacial score (nSPS) is 19.8. The van der Waals surface area contributed by atoms with E-state index in [1.165, 1.54) is 6.42 Å². The fourth-order valence-corrected chi connectivity index (χ4v) is 3.70. The van der Waals surface area contributed by atoms with Crippen LogP contribution in [0.3, 0.4) is 0 Å². The molecule has 0 aromatic carbocycles. The van der Waals surface area contributed by atoms with E-state index < -0.39 is 5.91 Å². The van der Waals surface area contributed by atoms with Gasteiger partial charge in [-0.3, -0.25) is 14.8 Å². The molecule has 0 spiro atoms. The highest BCUT2D eigenvalue weighted by molar-refractivity contribution is 5.91. The van der Waals surface area contributed by atoms with Gasteiger partial charge in [0.2, 0.25) is 5.91 Å². The molecule has 0 radical (unpaired) electrons. The number of nitrogens with zero attached hydrogens (tertiary/aromatic N) is 2. The van der Waals surface area contributed by atoms with Gasteiger partial charge in [0.1, 0.15) is 5.69 Å². The number of hydrogen-bond acceptors (Lipinski definition) is 4. The number of aromatic nitrogens is 1. The van der Waals surface area contributed by atoms with E-state index in [0.717, 1.165) is 36.9 Å². The molecule has 3 rings (SSSR count). The molecule has 0 bridgehead atoms. The summed E-state index contributed by atoms with van der Waals surface area (Å²) in [5, 5.41) is 8.69. The van der Waals surface area contributed by atoms with Crippen LogP contribution >= 0.6 is 0 Å². The van der Waals surface area contributed by atoms with Crippen LogP contribution in [0.15, 0.2) is 12.1 Å². The Morgan fingerprint density at radius 3 is 2.70 bits per heavy atom. The van der Waals surface area contributed by atoms with Crippen LogP contribution in [0, 0.1) is 5.41 Å². The summed E-state index contributed by atoms with van der Waals surface area (Å²) in [6.45, 7) is 3.29. The summed E-state index contributed by atoms with van der Waals surface area (Å²) in [5.74, 6) is -0.360. The van der Waals surface area contributed by atoms with E-state index in [1.807, 2.05) is 11.0 Å². The third-order valence-electron chi connectivity index (χ3n) is 5.14. The minimum atomic E-state index is -0.610. The van der Waals surface area contributed by atoms with Gasteiger partial charge in [-0.2, -0.15) is 0 Å². The van der Waals surface area contributed by atoms with Crippen LogP contribution in [-0.4, -0.2) is 33.5 Å². The molecule has 2 heterocycles. The summed E-state index contributed by atoms with van der Waals surface area (Å²) in [4.78, 5) is 30.6. The van der Waals surface area contributed by atoms with Gasteiger partial charge in [-0.25, -0.2) is 10.5 Å². The molecular formula is C17H23N3O3. The molecule has 0 saturated heterocycles. The van der Waals surface area contributed by atoms with Crippen molar-refractivity contribution in [3.63, 3.8) is 0 Å². The first-order chi connectivity index (χ1) is 11.0. The molecular weight excluding hydrogens is 294 g/mol. The zero-order valence-electron chi connectivity index (χ0n) is 13.5. The van der Waals surface area contributed by atoms with Crippen molar-refractivity contribution in [2.45, 2.75) is 52.0 Å². The fourth-order valence-electron chi connectivity index (χ4n) is 3.70. The lowest BCUT2D eigenvalue weighted by Crippen LogP contribution is -2.45. The lowest BCUT2D eigenvalue weighted by atomic mass is 9.74. The molecule has 0 unspecified atom stereocenters. The predicted molar refractivity (Wildman–Crippen MR) is 83.8 cm³/mol. The van der Waals surface area contributed by atoms with E-state index >= 15 is 0 Å². The molecule has 1 saturated carbocycles. The first kappa shape index (κ1) is 15.9. The molecule has 1 aromatic heterocycles. The molecule has 1 aromatic rings. The Hall–Kier alpha value is -1.95. The second-order valence-corrected chi connectivity index (χ2v) is 6.84. The number of fused-ring (bicyclic) bond motifs is 1.